The largest absolute Gasteiger partial charge is 0.453 e. The van der Waals surface area contributed by atoms with Crippen molar-refractivity contribution in [2.45, 2.75) is 19.3 Å². The monoisotopic (exact) mass is 783 g/mol. The smallest absolute Gasteiger partial charge is 0.152 e. The molecule has 290 valence electrons. The topological polar surface area (TPSA) is 20.6 Å². The summed E-state index contributed by atoms with van der Waals surface area (Å²) in [7, 11) is 0. The molecule has 0 unspecified atom stereocenters. The Bertz CT molecular complexity index is 3310. The molecule has 0 spiro atoms. The van der Waals surface area contributed by atoms with Crippen LogP contribution in [0.3, 0.4) is 0 Å². The summed E-state index contributed by atoms with van der Waals surface area (Å²) in [5.41, 5.74) is 17.4. The van der Waals surface area contributed by atoms with Crippen LogP contribution in [0, 0.1) is 0 Å². The summed E-state index contributed by atoms with van der Waals surface area (Å²) in [6.45, 7) is 4.70. The van der Waals surface area contributed by atoms with E-state index in [0.717, 1.165) is 62.4 Å². The Morgan fingerprint density at radius 3 is 1.85 bits per heavy atom. The Hall–Kier alpha value is -7.82. The number of rotatable bonds is 6. The molecule has 2 heterocycles. The standard InChI is InChI=1S/C57H41N3O/c1-57(2)49-21-11-9-19-45(49)46-32-30-44(37-50(46)57)58(43-31-34-52-48(36-43)47-20-10-12-22-51(47)59(52)40-15-5-3-6-16-40)42-28-25-38(26-29-42)39-27-33-54-56(35-39)61-55-24-14-13-23-53(55)60(54)41-17-7-4-8-18-41/h3-37H,1-2H3. The number of hydrogen-bond acceptors (Lipinski definition) is 3. The Kier molecular flexibility index (Phi) is 7.85. The number of aromatic nitrogens is 1. The van der Waals surface area contributed by atoms with Gasteiger partial charge in [0, 0.05) is 44.6 Å². The van der Waals surface area contributed by atoms with Crippen LogP contribution in [0.5, 0.6) is 11.5 Å². The van der Waals surface area contributed by atoms with Gasteiger partial charge in [0.2, 0.25) is 0 Å². The summed E-state index contributed by atoms with van der Waals surface area (Å²) < 4.78 is 8.97. The average Bonchev–Trinajstić information content (AvgIpc) is 3.76. The zero-order valence-corrected chi connectivity index (χ0v) is 34.0. The fraction of sp³-hybridized carbons (Fsp3) is 0.0526. The number of hydrogen-bond donors (Lipinski definition) is 0. The van der Waals surface area contributed by atoms with E-state index in [1.54, 1.807) is 0 Å². The van der Waals surface area contributed by atoms with Gasteiger partial charge in [-0.3, -0.25) is 0 Å². The first-order valence-electron chi connectivity index (χ1n) is 21.0. The molecule has 0 radical (unpaired) electrons. The second-order valence-electron chi connectivity index (χ2n) is 16.6. The van der Waals surface area contributed by atoms with Crippen molar-refractivity contribution in [2.75, 3.05) is 9.80 Å². The van der Waals surface area contributed by atoms with Gasteiger partial charge >= 0.3 is 0 Å². The van der Waals surface area contributed by atoms with Crippen LogP contribution >= 0.6 is 0 Å². The van der Waals surface area contributed by atoms with Crippen molar-refractivity contribution >= 4 is 55.9 Å². The van der Waals surface area contributed by atoms with E-state index in [1.165, 1.54) is 44.1 Å². The molecule has 0 amide bonds. The third kappa shape index (κ3) is 5.53. The van der Waals surface area contributed by atoms with Gasteiger partial charge in [0.05, 0.1) is 22.4 Å². The number of ether oxygens (including phenoxy) is 1. The van der Waals surface area contributed by atoms with Crippen molar-refractivity contribution in [3.63, 3.8) is 0 Å². The molecule has 12 rings (SSSR count). The molecule has 4 heteroatoms. The Morgan fingerprint density at radius 2 is 1.02 bits per heavy atom. The Morgan fingerprint density at radius 1 is 0.410 bits per heavy atom. The van der Waals surface area contributed by atoms with Crippen LogP contribution in [0.15, 0.2) is 212 Å². The van der Waals surface area contributed by atoms with Crippen LogP contribution in [0.4, 0.5) is 34.1 Å². The van der Waals surface area contributed by atoms with Crippen molar-refractivity contribution in [2.24, 2.45) is 0 Å². The maximum atomic E-state index is 6.59. The van der Waals surface area contributed by atoms with E-state index >= 15 is 0 Å². The molecule has 0 fully saturated rings. The summed E-state index contributed by atoms with van der Waals surface area (Å²) in [6.07, 6.45) is 0. The van der Waals surface area contributed by atoms with Crippen LogP contribution in [0.2, 0.25) is 0 Å². The van der Waals surface area contributed by atoms with E-state index in [9.17, 15) is 0 Å². The van der Waals surface area contributed by atoms with Gasteiger partial charge < -0.3 is 19.1 Å². The van der Waals surface area contributed by atoms with Crippen LogP contribution in [-0.2, 0) is 5.41 Å². The first-order chi connectivity index (χ1) is 30.0. The van der Waals surface area contributed by atoms with E-state index in [-0.39, 0.29) is 5.41 Å². The van der Waals surface area contributed by atoms with Crippen molar-refractivity contribution < 1.29 is 4.74 Å². The van der Waals surface area contributed by atoms with Crippen LogP contribution in [0.1, 0.15) is 25.0 Å². The summed E-state index contributed by atoms with van der Waals surface area (Å²) in [5.74, 6) is 1.67. The minimum atomic E-state index is -0.129. The number of para-hydroxylation sites is 5. The number of anilines is 6. The van der Waals surface area contributed by atoms with Crippen molar-refractivity contribution in [1.82, 2.24) is 4.57 Å². The Balaban J connectivity index is 0.985. The second kappa shape index (κ2) is 13.6. The van der Waals surface area contributed by atoms with E-state index in [0.29, 0.717) is 0 Å². The average molecular weight is 784 g/mol. The molecular formula is C57H41N3O. The predicted molar refractivity (Wildman–Crippen MR) is 253 cm³/mol. The third-order valence-electron chi connectivity index (χ3n) is 12.8. The predicted octanol–water partition coefficient (Wildman–Crippen LogP) is 15.8. The normalized spacial score (nSPS) is 13.3. The fourth-order valence-electron chi connectivity index (χ4n) is 9.83. The molecule has 1 aromatic heterocycles. The van der Waals surface area contributed by atoms with Crippen LogP contribution in [0.25, 0.3) is 49.7 Å². The molecular weight excluding hydrogens is 743 g/mol. The molecule has 0 bridgehead atoms. The van der Waals surface area contributed by atoms with Gasteiger partial charge in [0.15, 0.2) is 11.5 Å². The highest BCUT2D eigenvalue weighted by molar-refractivity contribution is 6.10. The zero-order chi connectivity index (χ0) is 40.7. The molecule has 61 heavy (non-hydrogen) atoms. The highest BCUT2D eigenvalue weighted by Crippen LogP contribution is 2.53. The van der Waals surface area contributed by atoms with Crippen LogP contribution in [-0.4, -0.2) is 4.57 Å². The fourth-order valence-corrected chi connectivity index (χ4v) is 9.83. The summed E-state index contributed by atoms with van der Waals surface area (Å²) in [5, 5.41) is 2.44. The highest BCUT2D eigenvalue weighted by atomic mass is 16.5. The van der Waals surface area contributed by atoms with Gasteiger partial charge in [0.25, 0.3) is 0 Å². The van der Waals surface area contributed by atoms with Crippen molar-refractivity contribution in [3.05, 3.63) is 223 Å². The van der Waals surface area contributed by atoms with Gasteiger partial charge in [-0.15, -0.1) is 0 Å². The van der Waals surface area contributed by atoms with Gasteiger partial charge in [0.1, 0.15) is 0 Å². The minimum Gasteiger partial charge on any atom is -0.453 e. The number of benzene rings is 9. The molecule has 0 atom stereocenters. The maximum Gasteiger partial charge on any atom is 0.152 e. The lowest BCUT2D eigenvalue weighted by atomic mass is 9.82. The van der Waals surface area contributed by atoms with Gasteiger partial charge in [-0.25, -0.2) is 0 Å². The summed E-state index contributed by atoms with van der Waals surface area (Å²) in [6, 6.07) is 76.5. The lowest BCUT2D eigenvalue weighted by Crippen LogP contribution is -2.16. The lowest BCUT2D eigenvalue weighted by Gasteiger charge is -2.33. The molecule has 1 aliphatic heterocycles. The third-order valence-corrected chi connectivity index (χ3v) is 12.8. The number of fused-ring (bicyclic) bond motifs is 8. The molecule has 4 nitrogen and oxygen atoms in total. The van der Waals surface area contributed by atoms with Crippen molar-refractivity contribution in [1.29, 1.82) is 0 Å². The first-order valence-corrected chi connectivity index (χ1v) is 21.0. The maximum absolute atomic E-state index is 6.59. The number of nitrogens with zero attached hydrogens (tertiary/aromatic N) is 3. The molecule has 0 saturated carbocycles. The minimum absolute atomic E-state index is 0.129. The summed E-state index contributed by atoms with van der Waals surface area (Å²) in [4.78, 5) is 4.70. The molecule has 1 aliphatic carbocycles. The SMILES string of the molecule is CC1(C)c2ccccc2-c2ccc(N(c3ccc(-c4ccc5c(c4)Oc4ccccc4N5c4ccccc4)cc3)c3ccc4c(c3)c3ccccc3n4-c3ccccc3)cc21. The molecule has 0 saturated heterocycles. The van der Waals surface area contributed by atoms with E-state index < -0.39 is 0 Å². The van der Waals surface area contributed by atoms with Crippen LogP contribution < -0.4 is 14.5 Å². The molecule has 10 aromatic rings. The highest BCUT2D eigenvalue weighted by Gasteiger charge is 2.36. The van der Waals surface area contributed by atoms with E-state index in [2.05, 4.69) is 228 Å². The van der Waals surface area contributed by atoms with E-state index in [4.69, 9.17) is 4.74 Å². The first kappa shape index (κ1) is 35.2. The van der Waals surface area contributed by atoms with E-state index in [1.807, 2.05) is 12.1 Å². The van der Waals surface area contributed by atoms with Gasteiger partial charge in [-0.05, 0) is 130 Å². The van der Waals surface area contributed by atoms with Gasteiger partial charge in [-0.2, -0.15) is 0 Å². The van der Waals surface area contributed by atoms with Gasteiger partial charge in [-0.1, -0.05) is 129 Å². The quantitative estimate of drug-likeness (QED) is 0.168. The zero-order valence-electron chi connectivity index (χ0n) is 34.0. The van der Waals surface area contributed by atoms with Crippen molar-refractivity contribution in [3.8, 4) is 39.4 Å². The molecule has 2 aliphatic rings. The second-order valence-corrected chi connectivity index (χ2v) is 16.6. The Labute approximate surface area is 355 Å². The molecule has 0 N–H and O–H groups in total. The molecule has 9 aromatic carbocycles. The lowest BCUT2D eigenvalue weighted by molar-refractivity contribution is 0.477. The summed E-state index contributed by atoms with van der Waals surface area (Å²) >= 11 is 0.